The van der Waals surface area contributed by atoms with Crippen molar-refractivity contribution < 1.29 is 9.84 Å². The van der Waals surface area contributed by atoms with Crippen LogP contribution in [0.15, 0.2) is 4.99 Å². The van der Waals surface area contributed by atoms with Crippen molar-refractivity contribution in [2.75, 3.05) is 26.7 Å². The van der Waals surface area contributed by atoms with Crippen LogP contribution >= 0.6 is 24.0 Å². The molecule has 2 saturated carbocycles. The highest BCUT2D eigenvalue weighted by Gasteiger charge is 2.59. The third-order valence-corrected chi connectivity index (χ3v) is 5.72. The van der Waals surface area contributed by atoms with Crippen LogP contribution < -0.4 is 5.32 Å². The Morgan fingerprint density at radius 2 is 2.05 bits per heavy atom. The number of aliphatic imine (C=N–C) groups is 1. The highest BCUT2D eigenvalue weighted by atomic mass is 127. The maximum atomic E-state index is 9.64. The zero-order chi connectivity index (χ0) is 14.9. The summed E-state index contributed by atoms with van der Waals surface area (Å²) in [5.41, 5.74) is 0.362. The van der Waals surface area contributed by atoms with E-state index in [4.69, 9.17) is 4.74 Å². The Bertz CT molecular complexity index is 393. The Kier molecular flexibility index (Phi) is 6.36. The summed E-state index contributed by atoms with van der Waals surface area (Å²) in [6.45, 7) is 4.70. The van der Waals surface area contributed by atoms with Crippen molar-refractivity contribution in [1.82, 2.24) is 10.2 Å². The first-order chi connectivity index (χ1) is 10.2. The number of aliphatic hydroxyl groups excluding tert-OH is 1. The molecule has 1 heterocycles. The van der Waals surface area contributed by atoms with Gasteiger partial charge in [-0.2, -0.15) is 0 Å². The third kappa shape index (κ3) is 3.24. The highest BCUT2D eigenvalue weighted by molar-refractivity contribution is 14.0. The lowest BCUT2D eigenvalue weighted by atomic mass is 9.51. The van der Waals surface area contributed by atoms with Crippen LogP contribution in [-0.2, 0) is 4.74 Å². The Hall–Kier alpha value is -0.0800. The minimum absolute atomic E-state index is 0. The molecule has 0 radical (unpaired) electrons. The second-order valence-electron chi connectivity index (χ2n) is 6.73. The van der Waals surface area contributed by atoms with Gasteiger partial charge in [0.05, 0.1) is 12.2 Å². The summed E-state index contributed by atoms with van der Waals surface area (Å²) in [6.07, 6.45) is 6.99. The number of likely N-dealkylation sites (tertiary alicyclic amines) is 1. The van der Waals surface area contributed by atoms with E-state index in [9.17, 15) is 5.11 Å². The molecule has 3 rings (SSSR count). The molecule has 1 saturated heterocycles. The minimum Gasteiger partial charge on any atom is -0.393 e. The number of hydrogen-bond donors (Lipinski definition) is 2. The first-order valence-electron chi connectivity index (χ1n) is 8.47. The number of halogens is 1. The number of aliphatic hydroxyl groups is 1. The number of ether oxygens (including phenoxy) is 1. The molecule has 0 aromatic rings. The summed E-state index contributed by atoms with van der Waals surface area (Å²) in [5, 5.41) is 13.3. The SMILES string of the molecule is CCOC1CC(NC(=NC)N2CCC(O)CC2)C12CCC2.I. The smallest absolute Gasteiger partial charge is 0.193 e. The summed E-state index contributed by atoms with van der Waals surface area (Å²) in [4.78, 5) is 6.75. The van der Waals surface area contributed by atoms with Gasteiger partial charge in [0.2, 0.25) is 0 Å². The van der Waals surface area contributed by atoms with Gasteiger partial charge >= 0.3 is 0 Å². The van der Waals surface area contributed by atoms with E-state index in [1.54, 1.807) is 0 Å². The predicted molar refractivity (Wildman–Crippen MR) is 98.8 cm³/mol. The normalized spacial score (nSPS) is 31.2. The van der Waals surface area contributed by atoms with Crippen molar-refractivity contribution >= 4 is 29.9 Å². The number of nitrogens with one attached hydrogen (secondary N) is 1. The van der Waals surface area contributed by atoms with E-state index in [2.05, 4.69) is 22.1 Å². The summed E-state index contributed by atoms with van der Waals surface area (Å²) < 4.78 is 5.91. The molecule has 2 unspecified atom stereocenters. The zero-order valence-corrected chi connectivity index (χ0v) is 16.1. The van der Waals surface area contributed by atoms with Crippen LogP contribution in [0.4, 0.5) is 0 Å². The molecule has 2 atom stereocenters. The van der Waals surface area contributed by atoms with Gasteiger partial charge in [-0.05, 0) is 39.0 Å². The zero-order valence-electron chi connectivity index (χ0n) is 13.8. The molecule has 1 spiro atoms. The maximum Gasteiger partial charge on any atom is 0.193 e. The first kappa shape index (κ1) is 18.3. The van der Waals surface area contributed by atoms with Crippen molar-refractivity contribution in [3.8, 4) is 0 Å². The predicted octanol–water partition coefficient (Wildman–Crippen LogP) is 1.98. The van der Waals surface area contributed by atoms with Crippen LogP contribution in [0.5, 0.6) is 0 Å². The van der Waals surface area contributed by atoms with Crippen molar-refractivity contribution in [2.45, 2.75) is 63.7 Å². The molecule has 2 aliphatic carbocycles. The first-order valence-corrected chi connectivity index (χ1v) is 8.47. The lowest BCUT2D eigenvalue weighted by Gasteiger charge is -2.61. The van der Waals surface area contributed by atoms with Gasteiger partial charge in [0, 0.05) is 38.2 Å². The molecule has 2 N–H and O–H groups in total. The van der Waals surface area contributed by atoms with E-state index in [1.807, 2.05) is 7.05 Å². The van der Waals surface area contributed by atoms with E-state index in [0.29, 0.717) is 17.6 Å². The maximum absolute atomic E-state index is 9.64. The Balaban J connectivity index is 0.00000176. The molecule has 5 nitrogen and oxygen atoms in total. The minimum atomic E-state index is -0.136. The highest BCUT2D eigenvalue weighted by Crippen LogP contribution is 2.57. The Morgan fingerprint density at radius 3 is 2.55 bits per heavy atom. The van der Waals surface area contributed by atoms with E-state index < -0.39 is 0 Å². The quantitative estimate of drug-likeness (QED) is 0.414. The van der Waals surface area contributed by atoms with Crippen molar-refractivity contribution in [1.29, 1.82) is 0 Å². The van der Waals surface area contributed by atoms with Crippen LogP contribution in [0.2, 0.25) is 0 Å². The molecule has 0 bridgehead atoms. The van der Waals surface area contributed by atoms with E-state index in [-0.39, 0.29) is 30.1 Å². The van der Waals surface area contributed by atoms with Crippen LogP contribution in [0.25, 0.3) is 0 Å². The fourth-order valence-electron chi connectivity index (χ4n) is 4.17. The molecule has 128 valence electrons. The number of piperidine rings is 1. The standard InChI is InChI=1S/C16H29N3O2.HI/c1-3-21-14-11-13(16(14)7-4-8-16)18-15(17-2)19-9-5-12(20)6-10-19;/h12-14,20H,3-11H2,1-2H3,(H,17,18);1H. The summed E-state index contributed by atoms with van der Waals surface area (Å²) in [6, 6.07) is 0.508. The second kappa shape index (κ2) is 7.66. The topological polar surface area (TPSA) is 57.1 Å². The molecule has 6 heteroatoms. The van der Waals surface area contributed by atoms with Gasteiger partial charge < -0.3 is 20.1 Å². The number of nitrogens with zero attached hydrogens (tertiary/aromatic N) is 2. The summed E-state index contributed by atoms with van der Waals surface area (Å²) >= 11 is 0. The number of rotatable bonds is 3. The number of hydrogen-bond acceptors (Lipinski definition) is 3. The van der Waals surface area contributed by atoms with Gasteiger partial charge in [-0.3, -0.25) is 4.99 Å². The average molecular weight is 423 g/mol. The van der Waals surface area contributed by atoms with Crippen LogP contribution in [0, 0.1) is 5.41 Å². The third-order valence-electron chi connectivity index (χ3n) is 5.72. The van der Waals surface area contributed by atoms with Gasteiger partial charge in [0.1, 0.15) is 0 Å². The van der Waals surface area contributed by atoms with Gasteiger partial charge in [-0.15, -0.1) is 24.0 Å². The summed E-state index contributed by atoms with van der Waals surface area (Å²) in [7, 11) is 1.86. The lowest BCUT2D eigenvalue weighted by Crippen LogP contribution is -2.69. The molecule has 0 amide bonds. The van der Waals surface area contributed by atoms with Crippen molar-refractivity contribution in [3.05, 3.63) is 0 Å². The van der Waals surface area contributed by atoms with Crippen LogP contribution in [0.1, 0.15) is 45.4 Å². The van der Waals surface area contributed by atoms with Gasteiger partial charge in [0.25, 0.3) is 0 Å². The van der Waals surface area contributed by atoms with Crippen molar-refractivity contribution in [2.24, 2.45) is 10.4 Å². The second-order valence-corrected chi connectivity index (χ2v) is 6.73. The number of guanidine groups is 1. The molecule has 3 aliphatic rings. The van der Waals surface area contributed by atoms with Crippen LogP contribution in [-0.4, -0.2) is 61.0 Å². The lowest BCUT2D eigenvalue weighted by molar-refractivity contribution is -0.169. The van der Waals surface area contributed by atoms with Crippen molar-refractivity contribution in [3.63, 3.8) is 0 Å². The van der Waals surface area contributed by atoms with E-state index in [1.165, 1.54) is 19.3 Å². The van der Waals surface area contributed by atoms with E-state index >= 15 is 0 Å². The van der Waals surface area contributed by atoms with E-state index in [0.717, 1.165) is 44.9 Å². The largest absolute Gasteiger partial charge is 0.393 e. The molecule has 3 fully saturated rings. The Labute approximate surface area is 150 Å². The van der Waals surface area contributed by atoms with Crippen LogP contribution in [0.3, 0.4) is 0 Å². The molecule has 0 aromatic carbocycles. The molecule has 0 aromatic heterocycles. The fraction of sp³-hybridized carbons (Fsp3) is 0.938. The van der Waals surface area contributed by atoms with Gasteiger partial charge in [0.15, 0.2) is 5.96 Å². The fourth-order valence-corrected chi connectivity index (χ4v) is 4.17. The molecular weight excluding hydrogens is 393 g/mol. The van der Waals surface area contributed by atoms with Gasteiger partial charge in [-0.25, -0.2) is 0 Å². The molecular formula is C16H30IN3O2. The van der Waals surface area contributed by atoms with Gasteiger partial charge in [-0.1, -0.05) is 6.42 Å². The summed E-state index contributed by atoms with van der Waals surface area (Å²) in [5.74, 6) is 1.01. The molecule has 22 heavy (non-hydrogen) atoms. The monoisotopic (exact) mass is 423 g/mol. The molecule has 1 aliphatic heterocycles. The Morgan fingerprint density at radius 1 is 1.36 bits per heavy atom. The average Bonchev–Trinajstić information content (AvgIpc) is 2.41.